The molecule has 0 bridgehead atoms. The number of amides is 2. The summed E-state index contributed by atoms with van der Waals surface area (Å²) < 4.78 is 7.33. The second-order valence-electron chi connectivity index (χ2n) is 14.8. The number of aromatic nitrogens is 5. The normalized spacial score (nSPS) is 22.5. The van der Waals surface area contributed by atoms with E-state index in [1.165, 1.54) is 0 Å². The molecule has 3 aliphatic rings. The SMILES string of the molecule is CCC(=O)N[C@H]1C[C@@H](n2cnc3c(NCC(c4ccccc4)c4ccccc4)nc(N4CC[C@@H](c5nc(N6CCOCC6)ccc5C(N)=O)C4)nc32)[C@H](O)[C@@H]1O. The minimum absolute atomic E-state index is 0.00380. The van der Waals surface area contributed by atoms with Gasteiger partial charge in [0.2, 0.25) is 11.9 Å². The smallest absolute Gasteiger partial charge is 0.250 e. The van der Waals surface area contributed by atoms with Gasteiger partial charge < -0.3 is 45.7 Å². The Morgan fingerprint density at radius 2 is 1.62 bits per heavy atom. The van der Waals surface area contributed by atoms with E-state index < -0.39 is 30.2 Å². The molecule has 0 unspecified atom stereocenters. The highest BCUT2D eigenvalue weighted by Gasteiger charge is 2.44. The van der Waals surface area contributed by atoms with E-state index in [1.807, 2.05) is 42.5 Å². The molecule has 1 saturated carbocycles. The van der Waals surface area contributed by atoms with E-state index in [9.17, 15) is 19.8 Å². The standard InChI is InChI=1S/C41H48N10O5/c1-2-33(52)45-30-21-31(37(54)36(30)53)51-24-44-35-39(43-22-29(25-9-5-3-6-10-25)26-11-7-4-8-12-26)47-41(48-40(35)51)50-16-15-27(23-50)34-28(38(42)55)13-14-32(46-34)49-17-19-56-20-18-49/h3-14,24,27,29-31,36-37,53-54H,2,15-23H2,1H3,(H2,42,55)(H,45,52)(H,43,47,48)/t27-,30+,31-,36-,37+/m1/s1. The van der Waals surface area contributed by atoms with E-state index in [-0.39, 0.29) is 24.2 Å². The third-order valence-electron chi connectivity index (χ3n) is 11.3. The number of hydrogen-bond donors (Lipinski definition) is 5. The Balaban J connectivity index is 1.15. The molecular weight excluding hydrogens is 713 g/mol. The molecule has 2 amide bonds. The minimum atomic E-state index is -1.17. The third-order valence-corrected chi connectivity index (χ3v) is 11.3. The lowest BCUT2D eigenvalue weighted by molar-refractivity contribution is -0.122. The summed E-state index contributed by atoms with van der Waals surface area (Å²) >= 11 is 0. The number of nitrogens with one attached hydrogen (secondary N) is 2. The van der Waals surface area contributed by atoms with Crippen LogP contribution in [0.5, 0.6) is 0 Å². The van der Waals surface area contributed by atoms with Crippen molar-refractivity contribution in [3.63, 3.8) is 0 Å². The first-order valence-electron chi connectivity index (χ1n) is 19.4. The number of morpholine rings is 1. The van der Waals surface area contributed by atoms with Gasteiger partial charge in [-0.15, -0.1) is 0 Å². The summed E-state index contributed by atoms with van der Waals surface area (Å²) in [4.78, 5) is 49.1. The molecule has 1 aliphatic carbocycles. The molecule has 15 nitrogen and oxygen atoms in total. The molecule has 0 spiro atoms. The van der Waals surface area contributed by atoms with E-state index in [0.717, 1.165) is 16.9 Å². The summed E-state index contributed by atoms with van der Waals surface area (Å²) in [6, 6.07) is 23.0. The summed E-state index contributed by atoms with van der Waals surface area (Å²) in [5.41, 5.74) is 10.2. The van der Waals surface area contributed by atoms with Crippen molar-refractivity contribution in [2.45, 2.75) is 62.3 Å². The van der Waals surface area contributed by atoms with Crippen molar-refractivity contribution in [1.29, 1.82) is 0 Å². The number of aliphatic hydroxyl groups is 2. The molecule has 3 fully saturated rings. The average molecular weight is 761 g/mol. The fraction of sp³-hybridized carbons (Fsp3) is 0.415. The van der Waals surface area contributed by atoms with Gasteiger partial charge >= 0.3 is 0 Å². The van der Waals surface area contributed by atoms with Gasteiger partial charge in [0.25, 0.3) is 5.91 Å². The highest BCUT2D eigenvalue weighted by Crippen LogP contribution is 2.37. The Hall–Kier alpha value is -5.64. The maximum Gasteiger partial charge on any atom is 0.250 e. The Labute approximate surface area is 324 Å². The monoisotopic (exact) mass is 760 g/mol. The molecule has 6 N–H and O–H groups in total. The number of carbonyl (C=O) groups is 2. The van der Waals surface area contributed by atoms with Crippen LogP contribution in [-0.4, -0.2) is 111 Å². The van der Waals surface area contributed by atoms with E-state index in [4.69, 9.17) is 30.4 Å². The van der Waals surface area contributed by atoms with Gasteiger partial charge in [0.1, 0.15) is 18.0 Å². The molecule has 2 saturated heterocycles. The van der Waals surface area contributed by atoms with Gasteiger partial charge in [0.15, 0.2) is 17.0 Å². The Bertz CT molecular complexity index is 2120. The van der Waals surface area contributed by atoms with Crippen molar-refractivity contribution in [3.8, 4) is 0 Å². The number of nitrogens with two attached hydrogens (primary N) is 1. The van der Waals surface area contributed by atoms with Crippen LogP contribution in [0.15, 0.2) is 79.1 Å². The third kappa shape index (κ3) is 7.49. The van der Waals surface area contributed by atoms with E-state index in [0.29, 0.717) is 93.0 Å². The zero-order valence-electron chi connectivity index (χ0n) is 31.4. The van der Waals surface area contributed by atoms with Gasteiger partial charge in [-0.2, -0.15) is 9.97 Å². The predicted molar refractivity (Wildman–Crippen MR) is 212 cm³/mol. The first-order chi connectivity index (χ1) is 27.3. The van der Waals surface area contributed by atoms with Crippen LogP contribution in [0.3, 0.4) is 0 Å². The number of benzene rings is 2. The second kappa shape index (κ2) is 16.2. The summed E-state index contributed by atoms with van der Waals surface area (Å²) in [6.07, 6.45) is 0.541. The van der Waals surface area contributed by atoms with Gasteiger partial charge in [0, 0.05) is 51.0 Å². The first-order valence-corrected chi connectivity index (χ1v) is 19.4. The van der Waals surface area contributed by atoms with Crippen molar-refractivity contribution in [1.82, 2.24) is 29.8 Å². The fourth-order valence-electron chi connectivity index (χ4n) is 8.26. The van der Waals surface area contributed by atoms with Crippen molar-refractivity contribution in [2.75, 3.05) is 61.1 Å². The van der Waals surface area contributed by atoms with Crippen LogP contribution in [0.25, 0.3) is 11.2 Å². The van der Waals surface area contributed by atoms with E-state index in [1.54, 1.807) is 23.9 Å². The second-order valence-corrected chi connectivity index (χ2v) is 14.8. The number of pyridine rings is 1. The van der Waals surface area contributed by atoms with Gasteiger partial charge in [-0.3, -0.25) is 9.59 Å². The Kier molecular flexibility index (Phi) is 10.8. The number of anilines is 3. The van der Waals surface area contributed by atoms with Crippen molar-refractivity contribution in [3.05, 3.63) is 102 Å². The Morgan fingerprint density at radius 1 is 0.911 bits per heavy atom. The number of nitrogens with zero attached hydrogens (tertiary/aromatic N) is 7. The number of ether oxygens (including phenoxy) is 1. The van der Waals surface area contributed by atoms with Crippen LogP contribution in [0.2, 0.25) is 0 Å². The molecule has 5 atom stereocenters. The number of aliphatic hydroxyl groups excluding tert-OH is 2. The van der Waals surface area contributed by atoms with E-state index in [2.05, 4.69) is 44.7 Å². The fourth-order valence-corrected chi connectivity index (χ4v) is 8.26. The molecule has 5 aromatic rings. The van der Waals surface area contributed by atoms with Crippen LogP contribution in [-0.2, 0) is 9.53 Å². The van der Waals surface area contributed by atoms with E-state index >= 15 is 0 Å². The summed E-state index contributed by atoms with van der Waals surface area (Å²) in [5, 5.41) is 28.8. The molecule has 292 valence electrons. The molecule has 0 radical (unpaired) electrons. The summed E-state index contributed by atoms with van der Waals surface area (Å²) in [5.74, 6) is 0.923. The topological polar surface area (TPSA) is 197 Å². The zero-order chi connectivity index (χ0) is 38.8. The average Bonchev–Trinajstić information content (AvgIpc) is 3.97. The first kappa shape index (κ1) is 37.3. The highest BCUT2D eigenvalue weighted by atomic mass is 16.5. The molecule has 8 rings (SSSR count). The van der Waals surface area contributed by atoms with Crippen molar-refractivity contribution < 1.29 is 24.5 Å². The minimum Gasteiger partial charge on any atom is -0.388 e. The molecule has 2 aromatic carbocycles. The lowest BCUT2D eigenvalue weighted by Gasteiger charge is -2.29. The van der Waals surface area contributed by atoms with Crippen LogP contribution in [0, 0.1) is 0 Å². The summed E-state index contributed by atoms with van der Waals surface area (Å²) in [6.45, 7) is 5.99. The number of imidazole rings is 1. The Morgan fingerprint density at radius 3 is 2.30 bits per heavy atom. The zero-order valence-corrected chi connectivity index (χ0v) is 31.4. The highest BCUT2D eigenvalue weighted by molar-refractivity contribution is 5.94. The molecule has 5 heterocycles. The van der Waals surface area contributed by atoms with Gasteiger partial charge in [-0.05, 0) is 36.1 Å². The lowest BCUT2D eigenvalue weighted by Crippen LogP contribution is -2.42. The number of carbonyl (C=O) groups excluding carboxylic acids is 2. The predicted octanol–water partition coefficient (Wildman–Crippen LogP) is 2.96. The maximum absolute atomic E-state index is 12.7. The van der Waals surface area contributed by atoms with Gasteiger partial charge in [0.05, 0.1) is 42.9 Å². The summed E-state index contributed by atoms with van der Waals surface area (Å²) in [7, 11) is 0. The molecule has 56 heavy (non-hydrogen) atoms. The number of rotatable bonds is 12. The lowest BCUT2D eigenvalue weighted by atomic mass is 9.91. The van der Waals surface area contributed by atoms with Crippen LogP contribution >= 0.6 is 0 Å². The van der Waals surface area contributed by atoms with Crippen LogP contribution < -0.4 is 26.2 Å². The molecule has 2 aliphatic heterocycles. The number of hydrogen-bond acceptors (Lipinski definition) is 12. The maximum atomic E-state index is 12.7. The number of primary amides is 1. The van der Waals surface area contributed by atoms with Gasteiger partial charge in [-0.25, -0.2) is 9.97 Å². The largest absolute Gasteiger partial charge is 0.388 e. The van der Waals surface area contributed by atoms with Gasteiger partial charge in [-0.1, -0.05) is 67.6 Å². The quantitative estimate of drug-likeness (QED) is 0.125. The van der Waals surface area contributed by atoms with Crippen molar-refractivity contribution in [2.24, 2.45) is 5.73 Å². The van der Waals surface area contributed by atoms with Crippen LogP contribution in [0.4, 0.5) is 17.6 Å². The molecular formula is C41H48N10O5. The molecule has 15 heteroatoms. The molecule has 3 aromatic heterocycles. The number of fused-ring (bicyclic) bond motifs is 1. The van der Waals surface area contributed by atoms with Crippen molar-refractivity contribution >= 4 is 40.6 Å². The van der Waals surface area contributed by atoms with Crippen LogP contribution in [0.1, 0.15) is 71.2 Å².